The van der Waals surface area contributed by atoms with Crippen molar-refractivity contribution < 1.29 is 9.53 Å². The van der Waals surface area contributed by atoms with Gasteiger partial charge in [-0.25, -0.2) is 0 Å². The highest BCUT2D eigenvalue weighted by Gasteiger charge is 1.95. The third kappa shape index (κ3) is 1.86. The van der Waals surface area contributed by atoms with Crippen LogP contribution in [0.4, 0.5) is 11.4 Å². The molecule has 0 spiro atoms. The van der Waals surface area contributed by atoms with E-state index in [-0.39, 0.29) is 0 Å². The van der Waals surface area contributed by atoms with Crippen molar-refractivity contribution >= 4 is 17.8 Å². The summed E-state index contributed by atoms with van der Waals surface area (Å²) >= 11 is 0. The monoisotopic (exact) mass is 152 g/mol. The van der Waals surface area contributed by atoms with E-state index in [9.17, 15) is 4.79 Å². The van der Waals surface area contributed by atoms with Gasteiger partial charge in [0.1, 0.15) is 5.75 Å². The summed E-state index contributed by atoms with van der Waals surface area (Å²) in [7, 11) is 0. The summed E-state index contributed by atoms with van der Waals surface area (Å²) in [4.78, 5) is 9.89. The normalized spacial score (nSPS) is 9.09. The van der Waals surface area contributed by atoms with E-state index in [4.69, 9.17) is 11.5 Å². The number of carbonyl (C=O) groups is 1. The van der Waals surface area contributed by atoms with E-state index in [1.165, 1.54) is 12.1 Å². The van der Waals surface area contributed by atoms with Crippen molar-refractivity contribution in [1.29, 1.82) is 0 Å². The van der Waals surface area contributed by atoms with Gasteiger partial charge >= 0.3 is 0 Å². The van der Waals surface area contributed by atoms with Crippen LogP contribution in [0.15, 0.2) is 18.2 Å². The SMILES string of the molecule is Nc1cc(N)cc(OC=O)c1. The van der Waals surface area contributed by atoms with E-state index in [1.54, 1.807) is 6.07 Å². The van der Waals surface area contributed by atoms with Crippen LogP contribution in [0.5, 0.6) is 5.75 Å². The summed E-state index contributed by atoms with van der Waals surface area (Å²) in [6.45, 7) is 0.328. The number of rotatable bonds is 2. The molecule has 0 heterocycles. The van der Waals surface area contributed by atoms with Crippen LogP contribution in [0.2, 0.25) is 0 Å². The Kier molecular flexibility index (Phi) is 1.96. The summed E-state index contributed by atoms with van der Waals surface area (Å²) in [5.74, 6) is 0.359. The second kappa shape index (κ2) is 2.92. The number of carbonyl (C=O) groups excluding carboxylic acids is 1. The first-order chi connectivity index (χ1) is 5.22. The van der Waals surface area contributed by atoms with Crippen molar-refractivity contribution in [2.45, 2.75) is 0 Å². The molecule has 0 bridgehead atoms. The van der Waals surface area contributed by atoms with Gasteiger partial charge in [-0.1, -0.05) is 0 Å². The van der Waals surface area contributed by atoms with Crippen molar-refractivity contribution in [1.82, 2.24) is 0 Å². The lowest BCUT2D eigenvalue weighted by atomic mass is 10.3. The number of hydrogen-bond acceptors (Lipinski definition) is 4. The lowest BCUT2D eigenvalue weighted by molar-refractivity contribution is -0.120. The van der Waals surface area contributed by atoms with Gasteiger partial charge in [0.25, 0.3) is 6.47 Å². The number of nitrogen functional groups attached to an aromatic ring is 2. The number of benzene rings is 1. The van der Waals surface area contributed by atoms with Crippen molar-refractivity contribution in [3.05, 3.63) is 18.2 Å². The maximum absolute atomic E-state index is 9.89. The van der Waals surface area contributed by atoms with Crippen LogP contribution in [-0.2, 0) is 4.79 Å². The minimum absolute atomic E-state index is 0.328. The zero-order valence-electron chi connectivity index (χ0n) is 5.78. The summed E-state index contributed by atoms with van der Waals surface area (Å²) in [5, 5.41) is 0. The van der Waals surface area contributed by atoms with Crippen molar-refractivity contribution in [3.63, 3.8) is 0 Å². The van der Waals surface area contributed by atoms with Crippen molar-refractivity contribution in [2.75, 3.05) is 11.5 Å². The molecule has 0 aliphatic carbocycles. The Morgan fingerprint density at radius 3 is 2.18 bits per heavy atom. The Morgan fingerprint density at radius 2 is 1.73 bits per heavy atom. The number of hydrogen-bond donors (Lipinski definition) is 2. The average Bonchev–Trinajstić information content (AvgIpc) is 1.85. The van der Waals surface area contributed by atoms with E-state index in [1.807, 2.05) is 0 Å². The molecule has 0 amide bonds. The molecular weight excluding hydrogens is 144 g/mol. The topological polar surface area (TPSA) is 78.3 Å². The minimum atomic E-state index is 0.328. The zero-order valence-corrected chi connectivity index (χ0v) is 5.78. The Bertz CT molecular complexity index is 253. The molecule has 1 aromatic carbocycles. The van der Waals surface area contributed by atoms with Crippen LogP contribution in [0, 0.1) is 0 Å². The average molecular weight is 152 g/mol. The quantitative estimate of drug-likeness (QED) is 0.474. The third-order valence-electron chi connectivity index (χ3n) is 1.14. The van der Waals surface area contributed by atoms with Gasteiger partial charge in [0.2, 0.25) is 0 Å². The van der Waals surface area contributed by atoms with Crippen LogP contribution < -0.4 is 16.2 Å². The fourth-order valence-corrected chi connectivity index (χ4v) is 0.770. The van der Waals surface area contributed by atoms with Gasteiger partial charge < -0.3 is 16.2 Å². The molecule has 0 aromatic heterocycles. The maximum Gasteiger partial charge on any atom is 0.298 e. The molecule has 11 heavy (non-hydrogen) atoms. The van der Waals surface area contributed by atoms with Crippen molar-refractivity contribution in [3.8, 4) is 5.75 Å². The first-order valence-electron chi connectivity index (χ1n) is 2.98. The summed E-state index contributed by atoms with van der Waals surface area (Å²) in [6.07, 6.45) is 0. The second-order valence-corrected chi connectivity index (χ2v) is 2.05. The lowest BCUT2D eigenvalue weighted by Crippen LogP contribution is -1.94. The molecule has 1 aromatic rings. The molecule has 0 saturated carbocycles. The summed E-state index contributed by atoms with van der Waals surface area (Å²) < 4.78 is 4.53. The van der Waals surface area contributed by atoms with Crippen LogP contribution >= 0.6 is 0 Å². The maximum atomic E-state index is 9.89. The van der Waals surface area contributed by atoms with Crippen LogP contribution in [0.25, 0.3) is 0 Å². The Balaban J connectivity index is 2.98. The molecule has 4 heteroatoms. The van der Waals surface area contributed by atoms with Gasteiger partial charge in [-0.2, -0.15) is 0 Å². The highest BCUT2D eigenvalue weighted by atomic mass is 16.5. The fourth-order valence-electron chi connectivity index (χ4n) is 0.770. The van der Waals surface area contributed by atoms with Gasteiger partial charge in [0, 0.05) is 23.5 Å². The van der Waals surface area contributed by atoms with E-state index in [0.29, 0.717) is 23.6 Å². The summed E-state index contributed by atoms with van der Waals surface area (Å²) in [5.41, 5.74) is 11.8. The van der Waals surface area contributed by atoms with E-state index in [2.05, 4.69) is 4.74 Å². The highest BCUT2D eigenvalue weighted by molar-refractivity contribution is 5.59. The molecule has 0 unspecified atom stereocenters. The smallest absolute Gasteiger partial charge is 0.298 e. The van der Waals surface area contributed by atoms with E-state index >= 15 is 0 Å². The largest absolute Gasteiger partial charge is 0.429 e. The molecule has 0 atom stereocenters. The molecule has 4 nitrogen and oxygen atoms in total. The standard InChI is InChI=1S/C7H8N2O2/c8-5-1-6(9)3-7(2-5)11-4-10/h1-4H,8-9H2. The highest BCUT2D eigenvalue weighted by Crippen LogP contribution is 2.19. The Hall–Kier alpha value is -1.71. The number of anilines is 2. The van der Waals surface area contributed by atoms with Gasteiger partial charge in [0.15, 0.2) is 0 Å². The Morgan fingerprint density at radius 1 is 1.18 bits per heavy atom. The molecule has 0 saturated heterocycles. The second-order valence-electron chi connectivity index (χ2n) is 2.05. The zero-order chi connectivity index (χ0) is 8.27. The predicted molar refractivity (Wildman–Crippen MR) is 42.0 cm³/mol. The van der Waals surface area contributed by atoms with Gasteiger partial charge in [-0.05, 0) is 6.07 Å². The van der Waals surface area contributed by atoms with Crippen LogP contribution in [0.3, 0.4) is 0 Å². The molecule has 58 valence electrons. The van der Waals surface area contributed by atoms with Gasteiger partial charge in [0.05, 0.1) is 0 Å². The van der Waals surface area contributed by atoms with E-state index < -0.39 is 0 Å². The minimum Gasteiger partial charge on any atom is -0.429 e. The Labute approximate surface area is 63.8 Å². The number of nitrogens with two attached hydrogens (primary N) is 2. The van der Waals surface area contributed by atoms with Gasteiger partial charge in [-0.3, -0.25) is 4.79 Å². The molecular formula is C7H8N2O2. The number of ether oxygens (including phenoxy) is 1. The first-order valence-corrected chi connectivity index (χ1v) is 2.98. The molecule has 0 aliphatic heterocycles. The molecule has 1 rings (SSSR count). The predicted octanol–water partition coefficient (Wildman–Crippen LogP) is 0.386. The van der Waals surface area contributed by atoms with Crippen LogP contribution in [-0.4, -0.2) is 6.47 Å². The molecule has 0 radical (unpaired) electrons. The fraction of sp³-hybridized carbons (Fsp3) is 0. The van der Waals surface area contributed by atoms with Crippen LogP contribution in [0.1, 0.15) is 0 Å². The van der Waals surface area contributed by atoms with Gasteiger partial charge in [-0.15, -0.1) is 0 Å². The molecule has 4 N–H and O–H groups in total. The van der Waals surface area contributed by atoms with Crippen molar-refractivity contribution in [2.24, 2.45) is 0 Å². The molecule has 0 fully saturated rings. The lowest BCUT2D eigenvalue weighted by Gasteiger charge is -2.00. The van der Waals surface area contributed by atoms with E-state index in [0.717, 1.165) is 0 Å². The first kappa shape index (κ1) is 7.40. The third-order valence-corrected chi connectivity index (χ3v) is 1.14. The molecule has 0 aliphatic rings. The summed E-state index contributed by atoms with van der Waals surface area (Å²) in [6, 6.07) is 4.62.